The van der Waals surface area contributed by atoms with Gasteiger partial charge in [-0.1, -0.05) is 43.9 Å². The number of halogens is 2. The molecule has 5 atom stereocenters. The van der Waals surface area contributed by atoms with Crippen molar-refractivity contribution in [3.63, 3.8) is 0 Å². The van der Waals surface area contributed by atoms with E-state index in [2.05, 4.69) is 22.5 Å². The lowest BCUT2D eigenvalue weighted by Gasteiger charge is -2.29. The molecule has 2 aromatic rings. The Morgan fingerprint density at radius 3 is 2.54 bits per heavy atom. The molecule has 5 amide bonds. The fourth-order valence-electron chi connectivity index (χ4n) is 7.50. The average molecular weight is 771 g/mol. The number of rotatable bonds is 3. The Bertz CT molecular complexity index is 1960. The predicted octanol–water partition coefficient (Wildman–Crippen LogP) is 3.22. The van der Waals surface area contributed by atoms with Crippen molar-refractivity contribution in [2.75, 3.05) is 18.4 Å². The van der Waals surface area contributed by atoms with Crippen LogP contribution in [0.25, 0.3) is 0 Å². The van der Waals surface area contributed by atoms with E-state index in [9.17, 15) is 41.2 Å². The fourth-order valence-corrected chi connectivity index (χ4v) is 8.74. The summed E-state index contributed by atoms with van der Waals surface area (Å²) in [5.41, 5.74) is -0.683. The number of amides is 5. The number of nitrogens with zero attached hydrogens (tertiary/aromatic N) is 2. The Hall–Kier alpha value is -5.06. The highest BCUT2D eigenvalue weighted by Crippen LogP contribution is 2.45. The highest BCUT2D eigenvalue weighted by Gasteiger charge is 2.61. The first-order valence-electron chi connectivity index (χ1n) is 18.1. The van der Waals surface area contributed by atoms with E-state index in [1.165, 1.54) is 34.9 Å². The Kier molecular flexibility index (Phi) is 11.3. The molecule has 1 aliphatic carbocycles. The summed E-state index contributed by atoms with van der Waals surface area (Å²) in [6.45, 7) is 5.21. The molecule has 3 aliphatic heterocycles. The first-order chi connectivity index (χ1) is 25.7. The second-order valence-corrected chi connectivity index (χ2v) is 16.0. The molecular formula is C37H44F2N6O8S. The Balaban J connectivity index is 1.28. The second kappa shape index (κ2) is 15.7. The molecule has 0 radical (unpaired) electrons. The van der Waals surface area contributed by atoms with Crippen molar-refractivity contribution in [1.29, 1.82) is 0 Å². The molecule has 6 rings (SSSR count). The molecule has 1 saturated heterocycles. The third-order valence-corrected chi connectivity index (χ3v) is 11.8. The van der Waals surface area contributed by atoms with Crippen LogP contribution in [-0.2, 0) is 47.0 Å². The van der Waals surface area contributed by atoms with Crippen LogP contribution < -0.4 is 20.7 Å². The summed E-state index contributed by atoms with van der Waals surface area (Å²) in [6, 6.07) is 5.44. The van der Waals surface area contributed by atoms with Crippen LogP contribution in [-0.4, -0.2) is 84.8 Å². The van der Waals surface area contributed by atoms with Gasteiger partial charge < -0.3 is 25.6 Å². The molecule has 54 heavy (non-hydrogen) atoms. The maximum absolute atomic E-state index is 14.4. The first-order valence-corrected chi connectivity index (χ1v) is 19.6. The molecule has 3 heterocycles. The Morgan fingerprint density at radius 1 is 1.06 bits per heavy atom. The van der Waals surface area contributed by atoms with E-state index in [-0.39, 0.29) is 44.6 Å². The zero-order valence-corrected chi connectivity index (χ0v) is 30.7. The number of benzene rings is 2. The third kappa shape index (κ3) is 8.20. The first kappa shape index (κ1) is 38.7. The van der Waals surface area contributed by atoms with Gasteiger partial charge in [0.15, 0.2) is 0 Å². The SMILES string of the molecule is C=C[C@@H]1C[C@@]12NC(=O)[C@@H]1C[C@@H](OC(=O)N3Cc4cccc(F)c4C3)CN1C(=O)[C@@H](NC(C)=O)CCCCCCCNc1ccc(F)cc1S(=O)(=O)NC2=O. The number of nitrogens with one attached hydrogen (secondary N) is 4. The smallest absolute Gasteiger partial charge is 0.410 e. The molecule has 2 aromatic carbocycles. The minimum atomic E-state index is -4.66. The van der Waals surface area contributed by atoms with Gasteiger partial charge in [-0.2, -0.15) is 0 Å². The average Bonchev–Trinajstić information content (AvgIpc) is 3.41. The van der Waals surface area contributed by atoms with Gasteiger partial charge in [0.05, 0.1) is 18.8 Å². The zero-order chi connectivity index (χ0) is 38.8. The number of hydrogen-bond acceptors (Lipinski definition) is 9. The number of hydrogen-bond donors (Lipinski definition) is 4. The lowest BCUT2D eigenvalue weighted by atomic mass is 10.0. The molecule has 290 valence electrons. The normalized spacial score (nSPS) is 27.4. The number of ether oxygens (including phenoxy) is 1. The molecule has 0 bridgehead atoms. The van der Waals surface area contributed by atoms with Crippen molar-refractivity contribution < 1.29 is 45.9 Å². The summed E-state index contributed by atoms with van der Waals surface area (Å²) in [5.74, 6) is -4.93. The monoisotopic (exact) mass is 770 g/mol. The van der Waals surface area contributed by atoms with Crippen molar-refractivity contribution in [1.82, 2.24) is 25.2 Å². The number of carbonyl (C=O) groups excluding carboxylic acids is 5. The molecule has 14 nitrogen and oxygen atoms in total. The van der Waals surface area contributed by atoms with Crippen molar-refractivity contribution >= 4 is 45.4 Å². The summed E-state index contributed by atoms with van der Waals surface area (Å²) in [5, 5.41) is 8.36. The highest BCUT2D eigenvalue weighted by molar-refractivity contribution is 7.90. The molecule has 1 spiro atoms. The molecule has 0 aromatic heterocycles. The van der Waals surface area contributed by atoms with Crippen molar-refractivity contribution in [2.24, 2.45) is 5.92 Å². The van der Waals surface area contributed by atoms with Crippen LogP contribution in [0, 0.1) is 17.6 Å². The van der Waals surface area contributed by atoms with Gasteiger partial charge in [0, 0.05) is 37.9 Å². The van der Waals surface area contributed by atoms with Crippen molar-refractivity contribution in [3.8, 4) is 0 Å². The molecule has 4 aliphatic rings. The maximum atomic E-state index is 14.4. The van der Waals surface area contributed by atoms with E-state index in [4.69, 9.17) is 4.74 Å². The van der Waals surface area contributed by atoms with E-state index in [0.29, 0.717) is 36.9 Å². The molecule has 17 heteroatoms. The zero-order valence-electron chi connectivity index (χ0n) is 29.9. The van der Waals surface area contributed by atoms with E-state index >= 15 is 0 Å². The van der Waals surface area contributed by atoms with E-state index in [1.54, 1.807) is 12.1 Å². The van der Waals surface area contributed by atoms with Gasteiger partial charge in [0.1, 0.15) is 40.3 Å². The number of carbonyl (C=O) groups is 5. The molecule has 0 unspecified atom stereocenters. The number of fused-ring (bicyclic) bond motifs is 3. The maximum Gasteiger partial charge on any atom is 0.410 e. The fraction of sp³-hybridized carbons (Fsp3) is 0.486. The van der Waals surface area contributed by atoms with Gasteiger partial charge >= 0.3 is 6.09 Å². The van der Waals surface area contributed by atoms with Gasteiger partial charge in [-0.05, 0) is 49.1 Å². The number of anilines is 1. The van der Waals surface area contributed by atoms with Crippen LogP contribution in [0.1, 0.15) is 69.4 Å². The standard InChI is InChI=1S/C37H44F2N6O8S/c1-3-24-18-37(24)35(49)43-54(51,52)32-16-25(38)13-14-29(32)40-15-8-6-4-5-7-12-30(41-22(2)46)34(48)45-20-26(17-31(45)33(47)42-37)53-36(50)44-19-23-10-9-11-28(39)27(23)21-44/h3,9-11,13-14,16,24,26,30-31,40H,1,4-8,12,15,17-21H2,2H3,(H,41,46)(H,42,47)(H,43,49)/t24-,26-,30+,31+,37-/m1/s1. The van der Waals surface area contributed by atoms with Gasteiger partial charge in [-0.25, -0.2) is 26.7 Å². The minimum absolute atomic E-state index is 0.0163. The lowest BCUT2D eigenvalue weighted by Crippen LogP contribution is -2.58. The summed E-state index contributed by atoms with van der Waals surface area (Å²) in [7, 11) is -4.66. The van der Waals surface area contributed by atoms with Gasteiger partial charge in [0.25, 0.3) is 15.9 Å². The van der Waals surface area contributed by atoms with Gasteiger partial charge in [0.2, 0.25) is 17.7 Å². The lowest BCUT2D eigenvalue weighted by molar-refractivity contribution is -0.142. The molecule has 4 N–H and O–H groups in total. The third-order valence-electron chi connectivity index (χ3n) is 10.5. The van der Waals surface area contributed by atoms with Crippen LogP contribution in [0.4, 0.5) is 19.3 Å². The quantitative estimate of drug-likeness (QED) is 0.341. The van der Waals surface area contributed by atoms with Crippen LogP contribution in [0.2, 0.25) is 0 Å². The Labute approximate surface area is 312 Å². The van der Waals surface area contributed by atoms with Crippen LogP contribution in [0.5, 0.6) is 0 Å². The second-order valence-electron chi connectivity index (χ2n) is 14.3. The Morgan fingerprint density at radius 2 is 1.81 bits per heavy atom. The van der Waals surface area contributed by atoms with Crippen LogP contribution in [0.15, 0.2) is 53.9 Å². The molecule has 2 fully saturated rings. The van der Waals surface area contributed by atoms with E-state index in [0.717, 1.165) is 25.0 Å². The van der Waals surface area contributed by atoms with Crippen molar-refractivity contribution in [2.45, 2.75) is 100 Å². The summed E-state index contributed by atoms with van der Waals surface area (Å²) in [4.78, 5) is 69.8. The van der Waals surface area contributed by atoms with Gasteiger partial charge in [-0.3, -0.25) is 24.1 Å². The van der Waals surface area contributed by atoms with E-state index in [1.807, 2.05) is 4.72 Å². The van der Waals surface area contributed by atoms with Crippen molar-refractivity contribution in [3.05, 3.63) is 71.8 Å². The number of sulfonamides is 1. The summed E-state index contributed by atoms with van der Waals surface area (Å²) in [6.07, 6.45) is 3.10. The molecular weight excluding hydrogens is 727 g/mol. The molecule has 1 saturated carbocycles. The summed E-state index contributed by atoms with van der Waals surface area (Å²) < 4.78 is 63.7. The highest BCUT2D eigenvalue weighted by atomic mass is 32.2. The van der Waals surface area contributed by atoms with E-state index < -0.39 is 85.9 Å². The topological polar surface area (TPSA) is 183 Å². The minimum Gasteiger partial charge on any atom is -0.444 e. The van der Waals surface area contributed by atoms with Crippen LogP contribution in [0.3, 0.4) is 0 Å². The largest absolute Gasteiger partial charge is 0.444 e. The van der Waals surface area contributed by atoms with Gasteiger partial charge in [-0.15, -0.1) is 6.58 Å². The summed E-state index contributed by atoms with van der Waals surface area (Å²) >= 11 is 0. The van der Waals surface area contributed by atoms with Crippen LogP contribution >= 0.6 is 0 Å². The predicted molar refractivity (Wildman–Crippen MR) is 191 cm³/mol.